The van der Waals surface area contributed by atoms with Gasteiger partial charge in [-0.2, -0.15) is 0 Å². The number of methoxy groups -OCH3 is 1. The molecule has 2 aromatic rings. The highest BCUT2D eigenvalue weighted by molar-refractivity contribution is 6.00. The smallest absolute Gasteiger partial charge is 0.196 e. The van der Waals surface area contributed by atoms with E-state index in [-0.39, 0.29) is 5.78 Å². The summed E-state index contributed by atoms with van der Waals surface area (Å²) in [6.45, 7) is 4.28. The van der Waals surface area contributed by atoms with E-state index in [1.165, 1.54) is 5.56 Å². The van der Waals surface area contributed by atoms with Crippen molar-refractivity contribution in [3.05, 3.63) is 71.3 Å². The number of hydrogen-bond donors (Lipinski definition) is 0. The molecular weight excluding hydrogens is 248 g/mol. The van der Waals surface area contributed by atoms with Crippen molar-refractivity contribution < 1.29 is 9.53 Å². The molecule has 2 aromatic carbocycles. The van der Waals surface area contributed by atoms with Crippen molar-refractivity contribution in [1.29, 1.82) is 0 Å². The first-order valence-electron chi connectivity index (χ1n) is 6.85. The van der Waals surface area contributed by atoms with Crippen LogP contribution in [0.3, 0.4) is 0 Å². The lowest BCUT2D eigenvalue weighted by Crippen LogP contribution is -2.14. The molecule has 0 aromatic heterocycles. The fraction of sp³-hybridized carbons (Fsp3) is 0.278. The van der Waals surface area contributed by atoms with Gasteiger partial charge in [-0.3, -0.25) is 4.79 Å². The maximum absolute atomic E-state index is 12.5. The summed E-state index contributed by atoms with van der Waals surface area (Å²) >= 11 is 0. The summed E-state index contributed by atoms with van der Waals surface area (Å²) < 4.78 is 5.38. The minimum absolute atomic E-state index is 0.00555. The molecule has 104 valence electrons. The van der Waals surface area contributed by atoms with Crippen LogP contribution in [0.1, 0.15) is 47.4 Å². The van der Waals surface area contributed by atoms with Crippen LogP contribution in [0.5, 0.6) is 0 Å². The standard InChI is InChI=1S/C18H20O2/c1-13(2)14-9-11-15(12-10-14)17(19)18(20-3)16-7-5-4-6-8-16/h4-13,18H,1-3H3. The van der Waals surface area contributed by atoms with Gasteiger partial charge in [-0.15, -0.1) is 0 Å². The van der Waals surface area contributed by atoms with Crippen molar-refractivity contribution >= 4 is 5.78 Å². The number of ether oxygens (including phenoxy) is 1. The van der Waals surface area contributed by atoms with E-state index >= 15 is 0 Å². The molecule has 0 aliphatic carbocycles. The lowest BCUT2D eigenvalue weighted by atomic mass is 9.96. The second-order valence-corrected chi connectivity index (χ2v) is 5.17. The average Bonchev–Trinajstić information content (AvgIpc) is 2.49. The first-order chi connectivity index (χ1) is 9.63. The van der Waals surface area contributed by atoms with Gasteiger partial charge in [0.2, 0.25) is 0 Å². The molecule has 0 fully saturated rings. The van der Waals surface area contributed by atoms with Crippen molar-refractivity contribution in [2.24, 2.45) is 0 Å². The molecule has 0 N–H and O–H groups in total. The van der Waals surface area contributed by atoms with E-state index in [0.717, 1.165) is 5.56 Å². The van der Waals surface area contributed by atoms with Gasteiger partial charge >= 0.3 is 0 Å². The van der Waals surface area contributed by atoms with E-state index in [2.05, 4.69) is 13.8 Å². The molecular formula is C18H20O2. The third kappa shape index (κ3) is 3.14. The molecule has 0 bridgehead atoms. The number of ketones is 1. The maximum Gasteiger partial charge on any atom is 0.196 e. The van der Waals surface area contributed by atoms with Gasteiger partial charge in [0.05, 0.1) is 0 Å². The predicted octanol–water partition coefficient (Wildman–Crippen LogP) is 4.38. The van der Waals surface area contributed by atoms with Crippen LogP contribution >= 0.6 is 0 Å². The Bertz CT molecular complexity index is 556. The third-order valence-electron chi connectivity index (χ3n) is 3.44. The second kappa shape index (κ2) is 6.49. The van der Waals surface area contributed by atoms with E-state index in [1.807, 2.05) is 54.6 Å². The summed E-state index contributed by atoms with van der Waals surface area (Å²) in [6, 6.07) is 17.4. The van der Waals surface area contributed by atoms with E-state index in [1.54, 1.807) is 7.11 Å². The Morgan fingerprint density at radius 3 is 2.00 bits per heavy atom. The van der Waals surface area contributed by atoms with Gasteiger partial charge in [-0.1, -0.05) is 68.4 Å². The lowest BCUT2D eigenvalue weighted by molar-refractivity contribution is 0.0604. The summed E-state index contributed by atoms with van der Waals surface area (Å²) in [5.74, 6) is 0.459. The van der Waals surface area contributed by atoms with Gasteiger partial charge in [0, 0.05) is 12.7 Å². The zero-order valence-corrected chi connectivity index (χ0v) is 12.2. The summed E-state index contributed by atoms with van der Waals surface area (Å²) in [6.07, 6.45) is -0.541. The lowest BCUT2D eigenvalue weighted by Gasteiger charge is -2.15. The van der Waals surface area contributed by atoms with Crippen LogP contribution in [-0.2, 0) is 4.74 Å². The first kappa shape index (κ1) is 14.5. The van der Waals surface area contributed by atoms with Gasteiger partial charge in [0.15, 0.2) is 5.78 Å². The Balaban J connectivity index is 2.25. The topological polar surface area (TPSA) is 26.3 Å². The Morgan fingerprint density at radius 2 is 1.50 bits per heavy atom. The van der Waals surface area contributed by atoms with Crippen LogP contribution in [0.15, 0.2) is 54.6 Å². The Labute approximate surface area is 120 Å². The number of carbonyl (C=O) groups excluding carboxylic acids is 1. The van der Waals surface area contributed by atoms with Gasteiger partial charge in [-0.05, 0) is 17.0 Å². The predicted molar refractivity (Wildman–Crippen MR) is 81.1 cm³/mol. The van der Waals surface area contributed by atoms with Crippen molar-refractivity contribution in [2.45, 2.75) is 25.9 Å². The molecule has 0 spiro atoms. The normalized spacial score (nSPS) is 12.4. The molecule has 0 aliphatic rings. The van der Waals surface area contributed by atoms with Gasteiger partial charge in [0.25, 0.3) is 0 Å². The highest BCUT2D eigenvalue weighted by Gasteiger charge is 2.21. The molecule has 2 rings (SSSR count). The molecule has 1 unspecified atom stereocenters. The Kier molecular flexibility index (Phi) is 4.70. The molecule has 2 heteroatoms. The second-order valence-electron chi connectivity index (χ2n) is 5.17. The largest absolute Gasteiger partial charge is 0.369 e. The minimum atomic E-state index is -0.541. The third-order valence-corrected chi connectivity index (χ3v) is 3.44. The average molecular weight is 268 g/mol. The van der Waals surface area contributed by atoms with Gasteiger partial charge in [-0.25, -0.2) is 0 Å². The van der Waals surface area contributed by atoms with Crippen molar-refractivity contribution in [3.8, 4) is 0 Å². The molecule has 0 radical (unpaired) electrons. The minimum Gasteiger partial charge on any atom is -0.369 e. The molecule has 0 saturated heterocycles. The zero-order valence-electron chi connectivity index (χ0n) is 12.2. The number of rotatable bonds is 5. The quantitative estimate of drug-likeness (QED) is 0.752. The molecule has 0 aliphatic heterocycles. The van der Waals surface area contributed by atoms with Crippen molar-refractivity contribution in [1.82, 2.24) is 0 Å². The van der Waals surface area contributed by atoms with Gasteiger partial charge < -0.3 is 4.74 Å². The highest BCUT2D eigenvalue weighted by Crippen LogP contribution is 2.23. The Hall–Kier alpha value is -1.93. The number of carbonyl (C=O) groups is 1. The zero-order chi connectivity index (χ0) is 14.5. The molecule has 1 atom stereocenters. The number of Topliss-reactive ketones (excluding diaryl/α,β-unsaturated/α-hetero) is 1. The van der Waals surface area contributed by atoms with Crippen molar-refractivity contribution in [2.75, 3.05) is 7.11 Å². The maximum atomic E-state index is 12.5. The fourth-order valence-electron chi connectivity index (χ4n) is 2.21. The van der Waals surface area contributed by atoms with Crippen LogP contribution in [0, 0.1) is 0 Å². The van der Waals surface area contributed by atoms with Crippen LogP contribution in [0.4, 0.5) is 0 Å². The fourth-order valence-corrected chi connectivity index (χ4v) is 2.21. The number of hydrogen-bond acceptors (Lipinski definition) is 2. The highest BCUT2D eigenvalue weighted by atomic mass is 16.5. The SMILES string of the molecule is COC(C(=O)c1ccc(C(C)C)cc1)c1ccccc1. The van der Waals surface area contributed by atoms with E-state index in [9.17, 15) is 4.79 Å². The van der Waals surface area contributed by atoms with Gasteiger partial charge in [0.1, 0.15) is 6.10 Å². The van der Waals surface area contributed by atoms with Crippen LogP contribution in [-0.4, -0.2) is 12.9 Å². The monoisotopic (exact) mass is 268 g/mol. The van der Waals surface area contributed by atoms with Crippen molar-refractivity contribution in [3.63, 3.8) is 0 Å². The molecule has 20 heavy (non-hydrogen) atoms. The van der Waals surface area contributed by atoms with Crippen LogP contribution < -0.4 is 0 Å². The van der Waals surface area contributed by atoms with Crippen LogP contribution in [0.2, 0.25) is 0 Å². The summed E-state index contributed by atoms with van der Waals surface area (Å²) in [5.41, 5.74) is 2.80. The Morgan fingerprint density at radius 1 is 0.900 bits per heavy atom. The van der Waals surface area contributed by atoms with E-state index in [4.69, 9.17) is 4.74 Å². The molecule has 2 nitrogen and oxygen atoms in total. The molecule has 0 saturated carbocycles. The number of benzene rings is 2. The van der Waals surface area contributed by atoms with E-state index < -0.39 is 6.10 Å². The first-order valence-corrected chi connectivity index (χ1v) is 6.85. The van der Waals surface area contributed by atoms with Crippen LogP contribution in [0.25, 0.3) is 0 Å². The summed E-state index contributed by atoms with van der Waals surface area (Å²) in [4.78, 5) is 12.5. The molecule has 0 heterocycles. The summed E-state index contributed by atoms with van der Waals surface area (Å²) in [7, 11) is 1.57. The molecule has 0 amide bonds. The van der Waals surface area contributed by atoms with E-state index in [0.29, 0.717) is 11.5 Å². The summed E-state index contributed by atoms with van der Waals surface area (Å²) in [5, 5.41) is 0.